The van der Waals surface area contributed by atoms with Crippen LogP contribution in [0.2, 0.25) is 0 Å². The van der Waals surface area contributed by atoms with Crippen LogP contribution in [0.5, 0.6) is 0 Å². The highest BCUT2D eigenvalue weighted by atomic mass is 32.2. The Bertz CT molecular complexity index is 1120. The van der Waals surface area contributed by atoms with E-state index in [1.165, 1.54) is 42.5 Å². The number of nitrogens with zero attached hydrogens (tertiary/aromatic N) is 1. The van der Waals surface area contributed by atoms with Gasteiger partial charge in [-0.1, -0.05) is 0 Å². The number of nitrogens with one attached hydrogen (secondary N) is 1. The number of anilines is 1. The van der Waals surface area contributed by atoms with E-state index in [1.54, 1.807) is 18.7 Å². The van der Waals surface area contributed by atoms with Gasteiger partial charge < -0.3 is 16.0 Å². The number of hydrogen-bond acceptors (Lipinski definition) is 6. The first-order valence-corrected chi connectivity index (χ1v) is 11.7. The summed E-state index contributed by atoms with van der Waals surface area (Å²) in [5.74, 6) is -1.18. The zero-order chi connectivity index (χ0) is 22.2. The maximum atomic E-state index is 12.7. The van der Waals surface area contributed by atoms with E-state index in [0.717, 1.165) is 10.4 Å². The molecule has 0 saturated heterocycles. The maximum Gasteiger partial charge on any atom is 0.256 e. The number of thiophene rings is 1. The number of sulfone groups is 1. The predicted molar refractivity (Wildman–Crippen MR) is 114 cm³/mol. The first-order valence-electron chi connectivity index (χ1n) is 9.37. The van der Waals surface area contributed by atoms with Crippen LogP contribution >= 0.6 is 11.3 Å². The quantitative estimate of drug-likeness (QED) is 0.723. The monoisotopic (exact) mass is 449 g/mol. The Morgan fingerprint density at radius 1 is 1.17 bits per heavy atom. The molecule has 1 aromatic heterocycles. The smallest absolute Gasteiger partial charge is 0.256 e. The van der Waals surface area contributed by atoms with Crippen molar-refractivity contribution in [2.75, 3.05) is 11.9 Å². The molecule has 8 nitrogen and oxygen atoms in total. The number of primary amides is 1. The van der Waals surface area contributed by atoms with Crippen LogP contribution in [0, 0.1) is 0 Å². The molecular weight excluding hydrogens is 426 g/mol. The summed E-state index contributed by atoms with van der Waals surface area (Å²) in [5.41, 5.74) is 6.84. The molecule has 10 heteroatoms. The fraction of sp³-hybridized carbons (Fsp3) is 0.350. The lowest BCUT2D eigenvalue weighted by atomic mass is 10.0. The summed E-state index contributed by atoms with van der Waals surface area (Å²) in [5, 5.41) is 2.48. The van der Waals surface area contributed by atoms with Crippen LogP contribution in [0.4, 0.5) is 5.00 Å². The number of hydrogen-bond donors (Lipinski definition) is 2. The lowest BCUT2D eigenvalue weighted by molar-refractivity contribution is -0.129. The van der Waals surface area contributed by atoms with Crippen molar-refractivity contribution in [3.05, 3.63) is 45.8 Å². The fourth-order valence-corrected chi connectivity index (χ4v) is 5.59. The average Bonchev–Trinajstić information content (AvgIpc) is 3.04. The number of fused-ring (bicyclic) bond motifs is 1. The molecule has 30 heavy (non-hydrogen) atoms. The van der Waals surface area contributed by atoms with Gasteiger partial charge in [-0.05, 0) is 50.1 Å². The van der Waals surface area contributed by atoms with Crippen LogP contribution in [0.1, 0.15) is 51.9 Å². The Hall–Kier alpha value is -2.72. The van der Waals surface area contributed by atoms with Crippen molar-refractivity contribution in [2.45, 2.75) is 43.9 Å². The van der Waals surface area contributed by atoms with E-state index in [-0.39, 0.29) is 21.9 Å². The average molecular weight is 450 g/mol. The van der Waals surface area contributed by atoms with Gasteiger partial charge in [0.15, 0.2) is 9.84 Å². The van der Waals surface area contributed by atoms with Gasteiger partial charge in [-0.3, -0.25) is 14.4 Å². The van der Waals surface area contributed by atoms with Crippen LogP contribution in [0.3, 0.4) is 0 Å². The molecule has 2 heterocycles. The van der Waals surface area contributed by atoms with Gasteiger partial charge in [0.25, 0.3) is 11.8 Å². The standard InChI is InChI=1S/C20H23N3O5S2/c1-11(2)30(27,28)14-6-4-13(5-7-14)19(26)22-20-17(18(21)25)15-8-9-23(12(3)24)10-16(15)29-20/h4-7,11H,8-10H2,1-3H3,(H2,21,25)(H,22,26). The second-order valence-electron chi connectivity index (χ2n) is 7.34. The Labute approximate surface area is 179 Å². The minimum atomic E-state index is -3.43. The van der Waals surface area contributed by atoms with E-state index >= 15 is 0 Å². The summed E-state index contributed by atoms with van der Waals surface area (Å²) in [6, 6.07) is 5.64. The largest absolute Gasteiger partial charge is 0.365 e. The third-order valence-electron chi connectivity index (χ3n) is 5.04. The van der Waals surface area contributed by atoms with Gasteiger partial charge in [0.1, 0.15) is 5.00 Å². The number of rotatable bonds is 5. The van der Waals surface area contributed by atoms with E-state index in [9.17, 15) is 22.8 Å². The zero-order valence-electron chi connectivity index (χ0n) is 16.9. The highest BCUT2D eigenvalue weighted by Crippen LogP contribution is 2.37. The Morgan fingerprint density at radius 2 is 1.80 bits per heavy atom. The maximum absolute atomic E-state index is 12.7. The van der Waals surface area contributed by atoms with E-state index in [0.29, 0.717) is 24.5 Å². The number of carbonyl (C=O) groups is 3. The fourth-order valence-electron chi connectivity index (χ4n) is 3.26. The van der Waals surface area contributed by atoms with Crippen LogP contribution in [-0.4, -0.2) is 42.8 Å². The second kappa shape index (κ2) is 8.19. The van der Waals surface area contributed by atoms with Gasteiger partial charge in [0.2, 0.25) is 5.91 Å². The van der Waals surface area contributed by atoms with E-state index in [4.69, 9.17) is 5.73 Å². The molecule has 0 unspecified atom stereocenters. The van der Waals surface area contributed by atoms with Crippen molar-refractivity contribution in [1.82, 2.24) is 4.90 Å². The van der Waals surface area contributed by atoms with Crippen LogP contribution < -0.4 is 11.1 Å². The van der Waals surface area contributed by atoms with Gasteiger partial charge >= 0.3 is 0 Å². The van der Waals surface area contributed by atoms with E-state index < -0.39 is 26.9 Å². The van der Waals surface area contributed by atoms with Gasteiger partial charge in [-0.2, -0.15) is 0 Å². The SMILES string of the molecule is CC(=O)N1CCc2c(sc(NC(=O)c3ccc(S(=O)(=O)C(C)C)cc3)c2C(N)=O)C1. The molecule has 0 aliphatic carbocycles. The molecule has 0 saturated carbocycles. The molecule has 0 spiro atoms. The summed E-state index contributed by atoms with van der Waals surface area (Å²) < 4.78 is 24.5. The third kappa shape index (κ3) is 4.10. The molecule has 1 aliphatic rings. The number of nitrogens with two attached hydrogens (primary N) is 1. The second-order valence-corrected chi connectivity index (χ2v) is 10.9. The summed E-state index contributed by atoms with van der Waals surface area (Å²) >= 11 is 1.22. The Balaban J connectivity index is 1.87. The van der Waals surface area contributed by atoms with Crippen molar-refractivity contribution in [1.29, 1.82) is 0 Å². The minimum absolute atomic E-state index is 0.0586. The first-order chi connectivity index (χ1) is 14.0. The van der Waals surface area contributed by atoms with Crippen molar-refractivity contribution in [2.24, 2.45) is 5.73 Å². The van der Waals surface area contributed by atoms with Gasteiger partial charge in [0, 0.05) is 23.9 Å². The molecule has 2 aromatic rings. The highest BCUT2D eigenvalue weighted by Gasteiger charge is 2.28. The molecule has 0 bridgehead atoms. The topological polar surface area (TPSA) is 127 Å². The van der Waals surface area contributed by atoms with Crippen molar-refractivity contribution >= 4 is 43.9 Å². The van der Waals surface area contributed by atoms with Crippen LogP contribution in [0.25, 0.3) is 0 Å². The zero-order valence-corrected chi connectivity index (χ0v) is 18.5. The Kier molecular flexibility index (Phi) is 6.00. The van der Waals surface area contributed by atoms with Crippen molar-refractivity contribution < 1.29 is 22.8 Å². The molecule has 3 rings (SSSR count). The lowest BCUT2D eigenvalue weighted by Gasteiger charge is -2.25. The molecule has 1 aliphatic heterocycles. The Morgan fingerprint density at radius 3 is 2.33 bits per heavy atom. The molecule has 0 radical (unpaired) electrons. The molecule has 3 N–H and O–H groups in total. The lowest BCUT2D eigenvalue weighted by Crippen LogP contribution is -2.34. The molecule has 0 atom stereocenters. The highest BCUT2D eigenvalue weighted by molar-refractivity contribution is 7.92. The summed E-state index contributed by atoms with van der Waals surface area (Å²) in [4.78, 5) is 39.0. The van der Waals surface area contributed by atoms with E-state index in [2.05, 4.69) is 5.32 Å². The summed E-state index contributed by atoms with van der Waals surface area (Å²) in [6.45, 7) is 5.52. The van der Waals surface area contributed by atoms with Gasteiger partial charge in [-0.25, -0.2) is 8.42 Å². The van der Waals surface area contributed by atoms with E-state index in [1.807, 2.05) is 0 Å². The number of amides is 3. The predicted octanol–water partition coefficient (Wildman–Crippen LogP) is 2.19. The number of benzene rings is 1. The normalized spacial score (nSPS) is 13.8. The van der Waals surface area contributed by atoms with Gasteiger partial charge in [0.05, 0.1) is 22.3 Å². The van der Waals surface area contributed by atoms with Gasteiger partial charge in [-0.15, -0.1) is 11.3 Å². The molecule has 3 amide bonds. The molecule has 160 valence electrons. The molecular formula is C20H23N3O5S2. The van der Waals surface area contributed by atoms with Crippen LogP contribution in [-0.2, 0) is 27.6 Å². The molecule has 1 aromatic carbocycles. The third-order valence-corrected chi connectivity index (χ3v) is 8.34. The van der Waals surface area contributed by atoms with Crippen LogP contribution in [0.15, 0.2) is 29.2 Å². The van der Waals surface area contributed by atoms with Crippen molar-refractivity contribution in [3.8, 4) is 0 Å². The van der Waals surface area contributed by atoms with Crippen molar-refractivity contribution in [3.63, 3.8) is 0 Å². The summed E-state index contributed by atoms with van der Waals surface area (Å²) in [6.07, 6.45) is 0.487. The number of carbonyl (C=O) groups excluding carboxylic acids is 3. The summed E-state index contributed by atoms with van der Waals surface area (Å²) in [7, 11) is -3.43. The first kappa shape index (κ1) is 22.0. The minimum Gasteiger partial charge on any atom is -0.365 e. The molecule has 0 fully saturated rings.